The van der Waals surface area contributed by atoms with Crippen LogP contribution in [0.5, 0.6) is 5.88 Å². The molecule has 1 N–H and O–H groups in total. The van der Waals surface area contributed by atoms with Gasteiger partial charge in [0.1, 0.15) is 11.9 Å². The standard InChI is InChI=1S/C24H27N5O2/c30-23-20-16-29(13-10-21(20)27-22(28-23)17-6-4-11-25-14-17)15-18-7-5-12-26-24(18)31-19-8-2-1-3-9-19/h4-7,11-12,14,19H,1-3,8-10,13,15-16H2,(H,27,28,30). The monoisotopic (exact) mass is 417 g/mol. The Balaban J connectivity index is 1.32. The molecular formula is C24H27N5O2. The molecule has 0 bridgehead atoms. The van der Waals surface area contributed by atoms with Gasteiger partial charge in [-0.1, -0.05) is 12.5 Å². The number of rotatable bonds is 5. The second kappa shape index (κ2) is 8.98. The SMILES string of the molecule is O=c1[nH]c(-c2cccnc2)nc2c1CN(Cc1cccnc1OC1CCCCC1)CC2. The number of pyridine rings is 2. The van der Waals surface area contributed by atoms with Crippen molar-refractivity contribution in [3.05, 3.63) is 70.0 Å². The van der Waals surface area contributed by atoms with E-state index in [9.17, 15) is 4.79 Å². The highest BCUT2D eigenvalue weighted by atomic mass is 16.5. The Labute approximate surface area is 181 Å². The number of aromatic nitrogens is 4. The summed E-state index contributed by atoms with van der Waals surface area (Å²) >= 11 is 0. The molecule has 0 radical (unpaired) electrons. The molecule has 0 spiro atoms. The van der Waals surface area contributed by atoms with E-state index < -0.39 is 0 Å². The van der Waals surface area contributed by atoms with Gasteiger partial charge in [0.25, 0.3) is 5.56 Å². The minimum atomic E-state index is -0.0709. The first kappa shape index (κ1) is 19.9. The first-order chi connectivity index (χ1) is 15.3. The van der Waals surface area contributed by atoms with Gasteiger partial charge < -0.3 is 9.72 Å². The van der Waals surface area contributed by atoms with Gasteiger partial charge in [0, 0.05) is 55.8 Å². The molecule has 3 aromatic heterocycles. The van der Waals surface area contributed by atoms with Crippen LogP contribution in [-0.2, 0) is 19.5 Å². The molecule has 4 heterocycles. The van der Waals surface area contributed by atoms with Crippen molar-refractivity contribution in [3.63, 3.8) is 0 Å². The second-order valence-corrected chi connectivity index (χ2v) is 8.39. The van der Waals surface area contributed by atoms with Crippen LogP contribution in [0.15, 0.2) is 47.7 Å². The van der Waals surface area contributed by atoms with Crippen LogP contribution < -0.4 is 10.3 Å². The molecule has 31 heavy (non-hydrogen) atoms. The third-order valence-electron chi connectivity index (χ3n) is 6.16. The van der Waals surface area contributed by atoms with E-state index in [0.717, 1.165) is 54.1 Å². The fourth-order valence-corrected chi connectivity index (χ4v) is 4.49. The molecule has 160 valence electrons. The third-order valence-corrected chi connectivity index (χ3v) is 6.16. The molecule has 1 fully saturated rings. The van der Waals surface area contributed by atoms with Crippen LogP contribution in [0.25, 0.3) is 11.4 Å². The van der Waals surface area contributed by atoms with Crippen LogP contribution in [0, 0.1) is 0 Å². The Morgan fingerprint density at radius 1 is 1.13 bits per heavy atom. The molecule has 7 heteroatoms. The van der Waals surface area contributed by atoms with Crippen molar-refractivity contribution in [3.8, 4) is 17.3 Å². The van der Waals surface area contributed by atoms with Gasteiger partial charge in [-0.25, -0.2) is 9.97 Å². The zero-order chi connectivity index (χ0) is 21.0. The summed E-state index contributed by atoms with van der Waals surface area (Å²) in [5.74, 6) is 1.32. The molecule has 3 aromatic rings. The molecule has 0 aromatic carbocycles. The lowest BCUT2D eigenvalue weighted by molar-refractivity contribution is 0.143. The molecule has 1 aliphatic heterocycles. The van der Waals surface area contributed by atoms with Crippen LogP contribution in [-0.4, -0.2) is 37.5 Å². The number of hydrogen-bond donors (Lipinski definition) is 1. The van der Waals surface area contributed by atoms with Crippen molar-refractivity contribution < 1.29 is 4.74 Å². The predicted molar refractivity (Wildman–Crippen MR) is 118 cm³/mol. The maximum atomic E-state index is 12.8. The molecule has 0 atom stereocenters. The van der Waals surface area contributed by atoms with Gasteiger partial charge in [-0.3, -0.25) is 14.7 Å². The lowest BCUT2D eigenvalue weighted by atomic mass is 9.98. The lowest BCUT2D eigenvalue weighted by Crippen LogP contribution is -2.35. The van der Waals surface area contributed by atoms with Crippen LogP contribution >= 0.6 is 0 Å². The highest BCUT2D eigenvalue weighted by Crippen LogP contribution is 2.26. The summed E-state index contributed by atoms with van der Waals surface area (Å²) in [6.45, 7) is 2.12. The normalized spacial score (nSPS) is 17.3. The molecule has 7 nitrogen and oxygen atoms in total. The van der Waals surface area contributed by atoms with Gasteiger partial charge in [0.05, 0.1) is 11.3 Å². The number of ether oxygens (including phenoxy) is 1. The van der Waals surface area contributed by atoms with Gasteiger partial charge in [-0.15, -0.1) is 0 Å². The zero-order valence-electron chi connectivity index (χ0n) is 17.6. The fourth-order valence-electron chi connectivity index (χ4n) is 4.49. The van der Waals surface area contributed by atoms with E-state index in [0.29, 0.717) is 18.9 Å². The highest BCUT2D eigenvalue weighted by Gasteiger charge is 2.23. The molecule has 0 amide bonds. The second-order valence-electron chi connectivity index (χ2n) is 8.39. The molecular weight excluding hydrogens is 390 g/mol. The number of aromatic amines is 1. The van der Waals surface area contributed by atoms with E-state index in [-0.39, 0.29) is 11.7 Å². The van der Waals surface area contributed by atoms with Crippen molar-refractivity contribution in [2.75, 3.05) is 6.54 Å². The largest absolute Gasteiger partial charge is 0.474 e. The number of nitrogens with one attached hydrogen (secondary N) is 1. The summed E-state index contributed by atoms with van der Waals surface area (Å²) in [6, 6.07) is 7.78. The lowest BCUT2D eigenvalue weighted by Gasteiger charge is -2.29. The van der Waals surface area contributed by atoms with E-state index in [1.165, 1.54) is 19.3 Å². The van der Waals surface area contributed by atoms with Crippen molar-refractivity contribution in [2.45, 2.75) is 57.7 Å². The van der Waals surface area contributed by atoms with Crippen LogP contribution in [0.4, 0.5) is 0 Å². The smallest absolute Gasteiger partial charge is 0.255 e. The summed E-state index contributed by atoms with van der Waals surface area (Å²) in [4.78, 5) is 31.4. The summed E-state index contributed by atoms with van der Waals surface area (Å²) in [5.41, 5.74) is 3.46. The third kappa shape index (κ3) is 4.51. The Morgan fingerprint density at radius 3 is 2.84 bits per heavy atom. The van der Waals surface area contributed by atoms with Crippen molar-refractivity contribution in [1.82, 2.24) is 24.8 Å². The summed E-state index contributed by atoms with van der Waals surface area (Å²) in [5, 5.41) is 0. The molecule has 0 saturated heterocycles. The van der Waals surface area contributed by atoms with Gasteiger partial charge in [-0.05, 0) is 43.9 Å². The Kier molecular flexibility index (Phi) is 5.76. The number of hydrogen-bond acceptors (Lipinski definition) is 6. The van der Waals surface area contributed by atoms with E-state index in [4.69, 9.17) is 9.72 Å². The van der Waals surface area contributed by atoms with Crippen molar-refractivity contribution in [1.29, 1.82) is 0 Å². The Morgan fingerprint density at radius 2 is 2.00 bits per heavy atom. The Hall–Kier alpha value is -3.06. The maximum absolute atomic E-state index is 12.8. The Bertz CT molecular complexity index is 1090. The molecule has 1 saturated carbocycles. The zero-order valence-corrected chi connectivity index (χ0v) is 17.6. The molecule has 1 aliphatic carbocycles. The number of fused-ring (bicyclic) bond motifs is 1. The maximum Gasteiger partial charge on any atom is 0.255 e. The summed E-state index contributed by atoms with van der Waals surface area (Å²) in [6.07, 6.45) is 12.2. The summed E-state index contributed by atoms with van der Waals surface area (Å²) < 4.78 is 6.26. The summed E-state index contributed by atoms with van der Waals surface area (Å²) in [7, 11) is 0. The molecule has 5 rings (SSSR count). The van der Waals surface area contributed by atoms with E-state index >= 15 is 0 Å². The first-order valence-corrected chi connectivity index (χ1v) is 11.1. The van der Waals surface area contributed by atoms with Crippen LogP contribution in [0.3, 0.4) is 0 Å². The van der Waals surface area contributed by atoms with E-state index in [1.54, 1.807) is 18.6 Å². The minimum absolute atomic E-state index is 0.0709. The van der Waals surface area contributed by atoms with Crippen molar-refractivity contribution >= 4 is 0 Å². The van der Waals surface area contributed by atoms with E-state index in [2.05, 4.69) is 25.9 Å². The van der Waals surface area contributed by atoms with Gasteiger partial charge in [0.2, 0.25) is 5.88 Å². The average Bonchev–Trinajstić information content (AvgIpc) is 2.82. The van der Waals surface area contributed by atoms with Gasteiger partial charge in [0.15, 0.2) is 0 Å². The van der Waals surface area contributed by atoms with Crippen molar-refractivity contribution in [2.24, 2.45) is 0 Å². The van der Waals surface area contributed by atoms with Gasteiger partial charge in [-0.2, -0.15) is 0 Å². The molecule has 0 unspecified atom stereocenters. The average molecular weight is 418 g/mol. The molecule has 2 aliphatic rings. The van der Waals surface area contributed by atoms with Crippen LogP contribution in [0.2, 0.25) is 0 Å². The highest BCUT2D eigenvalue weighted by molar-refractivity contribution is 5.53. The predicted octanol–water partition coefficient (Wildman–Crippen LogP) is 3.50. The first-order valence-electron chi connectivity index (χ1n) is 11.1. The van der Waals surface area contributed by atoms with Crippen LogP contribution in [0.1, 0.15) is 48.9 Å². The minimum Gasteiger partial charge on any atom is -0.474 e. The number of H-pyrrole nitrogens is 1. The fraction of sp³-hybridized carbons (Fsp3) is 0.417. The topological polar surface area (TPSA) is 84.0 Å². The quantitative estimate of drug-likeness (QED) is 0.684. The van der Waals surface area contributed by atoms with E-state index in [1.807, 2.05) is 18.2 Å². The van der Waals surface area contributed by atoms with Gasteiger partial charge >= 0.3 is 0 Å². The number of nitrogens with zero attached hydrogens (tertiary/aromatic N) is 4.